The summed E-state index contributed by atoms with van der Waals surface area (Å²) in [6.07, 6.45) is 2.15. The van der Waals surface area contributed by atoms with Gasteiger partial charge in [-0.05, 0) is 31.9 Å². The van der Waals surface area contributed by atoms with E-state index in [1.807, 2.05) is 13.8 Å². The number of hydrogen-bond donors (Lipinski definition) is 3. The van der Waals surface area contributed by atoms with Gasteiger partial charge in [-0.1, -0.05) is 13.8 Å². The zero-order chi connectivity index (χ0) is 20.1. The molecular weight excluding hydrogens is 406 g/mol. The Morgan fingerprint density at radius 1 is 1.21 bits per heavy atom. The Labute approximate surface area is 173 Å². The summed E-state index contributed by atoms with van der Waals surface area (Å²) in [6, 6.07) is 3.46. The largest absolute Gasteiger partial charge is 0.490 e. The van der Waals surface area contributed by atoms with E-state index in [2.05, 4.69) is 10.0 Å². The number of hydrogen-bond acceptors (Lipinski definition) is 6. The van der Waals surface area contributed by atoms with Gasteiger partial charge in [-0.2, -0.15) is 4.72 Å². The van der Waals surface area contributed by atoms with Crippen molar-refractivity contribution in [3.8, 4) is 11.5 Å². The predicted molar refractivity (Wildman–Crippen MR) is 110 cm³/mol. The molecule has 1 amide bonds. The summed E-state index contributed by atoms with van der Waals surface area (Å²) in [5, 5.41) is 2.72. The van der Waals surface area contributed by atoms with Gasteiger partial charge >= 0.3 is 0 Å². The fourth-order valence-corrected chi connectivity index (χ4v) is 3.80. The number of amides is 1. The third kappa shape index (κ3) is 6.23. The summed E-state index contributed by atoms with van der Waals surface area (Å²) < 4.78 is 38.7. The molecule has 8 nitrogen and oxygen atoms in total. The zero-order valence-electron chi connectivity index (χ0n) is 16.5. The smallest absolute Gasteiger partial charge is 0.241 e. The first kappa shape index (κ1) is 24.5. The molecule has 10 heteroatoms. The Morgan fingerprint density at radius 3 is 2.43 bits per heavy atom. The molecule has 0 radical (unpaired) electrons. The minimum absolute atomic E-state index is 0. The third-order valence-electron chi connectivity index (χ3n) is 4.78. The molecule has 1 aromatic rings. The molecule has 0 saturated heterocycles. The summed E-state index contributed by atoms with van der Waals surface area (Å²) in [5.74, 6) is 0.464. The van der Waals surface area contributed by atoms with Crippen LogP contribution in [0, 0.1) is 0 Å². The molecule has 0 bridgehead atoms. The van der Waals surface area contributed by atoms with Crippen molar-refractivity contribution < 1.29 is 22.7 Å². The van der Waals surface area contributed by atoms with Crippen LogP contribution < -0.4 is 25.2 Å². The van der Waals surface area contributed by atoms with E-state index in [9.17, 15) is 13.2 Å². The van der Waals surface area contributed by atoms with Crippen molar-refractivity contribution in [2.24, 2.45) is 5.73 Å². The van der Waals surface area contributed by atoms with E-state index in [0.29, 0.717) is 37.6 Å². The Kier molecular flexibility index (Phi) is 9.00. The van der Waals surface area contributed by atoms with E-state index in [1.54, 1.807) is 6.07 Å². The Balaban J connectivity index is 0.00000392. The van der Waals surface area contributed by atoms with Gasteiger partial charge < -0.3 is 20.5 Å². The van der Waals surface area contributed by atoms with E-state index in [4.69, 9.17) is 15.2 Å². The summed E-state index contributed by atoms with van der Waals surface area (Å²) in [6.45, 7) is 6.66. The number of ether oxygens (including phenoxy) is 2. The van der Waals surface area contributed by atoms with Crippen LogP contribution in [0.1, 0.15) is 40.0 Å². The molecular formula is C18H30ClN3O5S. The molecule has 1 atom stereocenters. The average molecular weight is 436 g/mol. The lowest BCUT2D eigenvalue weighted by atomic mass is 9.94. The third-order valence-corrected chi connectivity index (χ3v) is 6.32. The average Bonchev–Trinajstić information content (AvgIpc) is 2.90. The molecule has 1 aliphatic heterocycles. The van der Waals surface area contributed by atoms with E-state index in [0.717, 1.165) is 6.42 Å². The van der Waals surface area contributed by atoms with Gasteiger partial charge in [0.25, 0.3) is 0 Å². The number of carbonyl (C=O) groups excluding carboxylic acids is 1. The highest BCUT2D eigenvalue weighted by molar-refractivity contribution is 7.89. The van der Waals surface area contributed by atoms with Gasteiger partial charge in [-0.3, -0.25) is 4.79 Å². The fraction of sp³-hybridized carbons (Fsp3) is 0.611. The Bertz CT molecular complexity index is 768. The molecule has 0 aromatic heterocycles. The number of fused-ring (bicyclic) bond motifs is 1. The second-order valence-electron chi connectivity index (χ2n) is 6.79. The van der Waals surface area contributed by atoms with E-state index >= 15 is 0 Å². The highest BCUT2D eigenvalue weighted by Gasteiger charge is 2.26. The molecule has 0 saturated carbocycles. The number of benzene rings is 1. The van der Waals surface area contributed by atoms with E-state index in [1.165, 1.54) is 19.1 Å². The SMILES string of the molecule is CCC(N)(CC)CNC(=O)C(C)NS(=O)(=O)c1ccc2c(c1)OCCCO2.Cl. The van der Waals surface area contributed by atoms with E-state index in [-0.39, 0.29) is 23.8 Å². The molecule has 0 aliphatic carbocycles. The van der Waals surface area contributed by atoms with Gasteiger partial charge in [0.1, 0.15) is 0 Å². The summed E-state index contributed by atoms with van der Waals surface area (Å²) in [4.78, 5) is 12.3. The van der Waals surface area contributed by atoms with Gasteiger partial charge in [0.15, 0.2) is 11.5 Å². The van der Waals surface area contributed by atoms with Crippen LogP contribution in [-0.4, -0.2) is 45.7 Å². The Morgan fingerprint density at radius 2 is 1.82 bits per heavy atom. The standard InChI is InChI=1S/C18H29N3O5S.ClH/c1-4-18(19,5-2)12-20-17(22)13(3)21-27(23,24)14-7-8-15-16(11-14)26-10-6-9-25-15;/h7-8,11,13,21H,4-6,9-10,12,19H2,1-3H3,(H,20,22);1H. The van der Waals surface area contributed by atoms with Crippen LogP contribution in [0.15, 0.2) is 23.1 Å². The van der Waals surface area contributed by atoms with Crippen LogP contribution in [-0.2, 0) is 14.8 Å². The number of carbonyl (C=O) groups is 1. The predicted octanol–water partition coefficient (Wildman–Crippen LogP) is 1.57. The van der Waals surface area contributed by atoms with E-state index < -0.39 is 27.5 Å². The molecule has 0 spiro atoms. The van der Waals surface area contributed by atoms with Crippen molar-refractivity contribution in [2.75, 3.05) is 19.8 Å². The molecule has 4 N–H and O–H groups in total. The van der Waals surface area contributed by atoms with Gasteiger partial charge in [-0.25, -0.2) is 8.42 Å². The van der Waals surface area contributed by atoms with Crippen molar-refractivity contribution in [3.05, 3.63) is 18.2 Å². The van der Waals surface area contributed by atoms with Gasteiger partial charge in [-0.15, -0.1) is 12.4 Å². The lowest BCUT2D eigenvalue weighted by Crippen LogP contribution is -2.53. The molecule has 1 aromatic carbocycles. The van der Waals surface area contributed by atoms with Crippen LogP contribution in [0.5, 0.6) is 11.5 Å². The van der Waals surface area contributed by atoms with Crippen molar-refractivity contribution in [3.63, 3.8) is 0 Å². The normalized spacial score (nSPS) is 15.1. The second kappa shape index (κ2) is 10.3. The Hall–Kier alpha value is -1.55. The number of sulfonamides is 1. The van der Waals surface area contributed by atoms with Crippen LogP contribution in [0.25, 0.3) is 0 Å². The lowest BCUT2D eigenvalue weighted by Gasteiger charge is -2.27. The minimum atomic E-state index is -3.89. The van der Waals surface area contributed by atoms with Crippen molar-refractivity contribution in [1.29, 1.82) is 0 Å². The first-order valence-corrected chi connectivity index (χ1v) is 10.7. The maximum atomic E-state index is 12.6. The molecule has 28 heavy (non-hydrogen) atoms. The number of rotatable bonds is 8. The molecule has 160 valence electrons. The topological polar surface area (TPSA) is 120 Å². The maximum Gasteiger partial charge on any atom is 0.241 e. The molecule has 2 rings (SSSR count). The highest BCUT2D eigenvalue weighted by atomic mass is 35.5. The summed E-state index contributed by atoms with van der Waals surface area (Å²) in [7, 11) is -3.89. The molecule has 0 fully saturated rings. The van der Waals surface area contributed by atoms with Crippen LogP contribution >= 0.6 is 12.4 Å². The molecule has 1 heterocycles. The minimum Gasteiger partial charge on any atom is -0.490 e. The van der Waals surface area contributed by atoms with Gasteiger partial charge in [0, 0.05) is 24.6 Å². The molecule has 1 aliphatic rings. The maximum absolute atomic E-state index is 12.6. The van der Waals surface area contributed by atoms with Crippen molar-refractivity contribution in [1.82, 2.24) is 10.0 Å². The van der Waals surface area contributed by atoms with Crippen LogP contribution in [0.2, 0.25) is 0 Å². The first-order valence-electron chi connectivity index (χ1n) is 9.19. The number of halogens is 1. The second-order valence-corrected chi connectivity index (χ2v) is 8.50. The van der Waals surface area contributed by atoms with Crippen LogP contribution in [0.3, 0.4) is 0 Å². The summed E-state index contributed by atoms with van der Waals surface area (Å²) in [5.41, 5.74) is 5.66. The fourth-order valence-electron chi connectivity index (χ4n) is 2.58. The number of nitrogens with two attached hydrogens (primary N) is 1. The zero-order valence-corrected chi connectivity index (χ0v) is 18.1. The van der Waals surface area contributed by atoms with Crippen LogP contribution in [0.4, 0.5) is 0 Å². The molecule has 1 unspecified atom stereocenters. The van der Waals surface area contributed by atoms with Gasteiger partial charge in [0.05, 0.1) is 24.2 Å². The van der Waals surface area contributed by atoms with Crippen molar-refractivity contribution in [2.45, 2.75) is 56.5 Å². The monoisotopic (exact) mass is 435 g/mol. The van der Waals surface area contributed by atoms with Gasteiger partial charge in [0.2, 0.25) is 15.9 Å². The first-order chi connectivity index (χ1) is 12.7. The highest BCUT2D eigenvalue weighted by Crippen LogP contribution is 2.31. The summed E-state index contributed by atoms with van der Waals surface area (Å²) >= 11 is 0. The van der Waals surface area contributed by atoms with Crippen molar-refractivity contribution >= 4 is 28.3 Å². The number of nitrogens with one attached hydrogen (secondary N) is 2. The quantitative estimate of drug-likeness (QED) is 0.570. The lowest BCUT2D eigenvalue weighted by molar-refractivity contribution is -0.122.